The Kier molecular flexibility index (Phi) is 5.54. The van der Waals surface area contributed by atoms with Crippen LogP contribution in [0.1, 0.15) is 13.3 Å². The zero-order valence-electron chi connectivity index (χ0n) is 7.23. The van der Waals surface area contributed by atoms with Gasteiger partial charge in [-0.05, 0) is 13.0 Å². The SMILES string of the molecule is C[C@@H](O)CCOC(=O)/C=C/C(=O)[O-]. The van der Waals surface area contributed by atoms with Crippen LogP contribution in [-0.4, -0.2) is 29.8 Å². The van der Waals surface area contributed by atoms with Crippen molar-refractivity contribution in [2.24, 2.45) is 0 Å². The van der Waals surface area contributed by atoms with Gasteiger partial charge in [-0.25, -0.2) is 4.79 Å². The van der Waals surface area contributed by atoms with Crippen LogP contribution >= 0.6 is 0 Å². The summed E-state index contributed by atoms with van der Waals surface area (Å²) in [5.41, 5.74) is 0. The van der Waals surface area contributed by atoms with Gasteiger partial charge in [0, 0.05) is 12.5 Å². The van der Waals surface area contributed by atoms with Gasteiger partial charge in [-0.3, -0.25) is 0 Å². The van der Waals surface area contributed by atoms with Crippen LogP contribution in [0.25, 0.3) is 0 Å². The summed E-state index contributed by atoms with van der Waals surface area (Å²) in [4.78, 5) is 20.5. The summed E-state index contributed by atoms with van der Waals surface area (Å²) in [7, 11) is 0. The van der Waals surface area contributed by atoms with E-state index >= 15 is 0 Å². The molecule has 5 nitrogen and oxygen atoms in total. The van der Waals surface area contributed by atoms with Gasteiger partial charge in [0.1, 0.15) is 0 Å². The average molecular weight is 187 g/mol. The zero-order chi connectivity index (χ0) is 10.3. The number of carbonyl (C=O) groups is 2. The molecule has 0 aromatic rings. The zero-order valence-corrected chi connectivity index (χ0v) is 7.23. The number of carboxylic acids is 1. The molecule has 0 fully saturated rings. The summed E-state index contributed by atoms with van der Waals surface area (Å²) < 4.78 is 4.53. The number of rotatable bonds is 5. The van der Waals surface area contributed by atoms with Crippen molar-refractivity contribution in [1.29, 1.82) is 0 Å². The van der Waals surface area contributed by atoms with E-state index in [0.717, 1.165) is 6.08 Å². The van der Waals surface area contributed by atoms with E-state index in [2.05, 4.69) is 4.74 Å². The molecule has 0 saturated carbocycles. The molecule has 13 heavy (non-hydrogen) atoms. The molecule has 1 atom stereocenters. The van der Waals surface area contributed by atoms with Gasteiger partial charge in [0.15, 0.2) is 0 Å². The summed E-state index contributed by atoms with van der Waals surface area (Å²) in [5, 5.41) is 18.6. The fraction of sp³-hybridized carbons (Fsp3) is 0.500. The summed E-state index contributed by atoms with van der Waals surface area (Å²) in [5.74, 6) is -2.21. The molecule has 0 unspecified atom stereocenters. The smallest absolute Gasteiger partial charge is 0.330 e. The Hall–Kier alpha value is -1.36. The summed E-state index contributed by atoms with van der Waals surface area (Å²) in [6, 6.07) is 0. The van der Waals surface area contributed by atoms with Gasteiger partial charge in [-0.1, -0.05) is 0 Å². The first-order valence-corrected chi connectivity index (χ1v) is 3.76. The number of esters is 1. The van der Waals surface area contributed by atoms with E-state index in [0.29, 0.717) is 12.5 Å². The molecule has 0 aliphatic rings. The first-order valence-electron chi connectivity index (χ1n) is 3.76. The number of aliphatic hydroxyl groups excluding tert-OH is 1. The van der Waals surface area contributed by atoms with Gasteiger partial charge >= 0.3 is 5.97 Å². The van der Waals surface area contributed by atoms with Crippen LogP contribution in [0.3, 0.4) is 0 Å². The third-order valence-electron chi connectivity index (χ3n) is 1.14. The number of hydrogen-bond acceptors (Lipinski definition) is 5. The second-order valence-corrected chi connectivity index (χ2v) is 2.46. The van der Waals surface area contributed by atoms with Crippen molar-refractivity contribution in [3.63, 3.8) is 0 Å². The van der Waals surface area contributed by atoms with E-state index in [4.69, 9.17) is 5.11 Å². The predicted molar refractivity (Wildman–Crippen MR) is 41.4 cm³/mol. The standard InChI is InChI=1S/C8H12O5/c1-6(9)4-5-13-8(12)3-2-7(10)11/h2-3,6,9H,4-5H2,1H3,(H,10,11)/p-1/b3-2+/t6-/m1/s1. The summed E-state index contributed by atoms with van der Waals surface area (Å²) >= 11 is 0. The molecular weight excluding hydrogens is 176 g/mol. The van der Waals surface area contributed by atoms with E-state index < -0.39 is 18.0 Å². The van der Waals surface area contributed by atoms with Crippen molar-refractivity contribution in [2.75, 3.05) is 6.61 Å². The van der Waals surface area contributed by atoms with Crippen molar-refractivity contribution in [3.05, 3.63) is 12.2 Å². The van der Waals surface area contributed by atoms with Gasteiger partial charge in [0.25, 0.3) is 0 Å². The van der Waals surface area contributed by atoms with Crippen LogP contribution < -0.4 is 5.11 Å². The van der Waals surface area contributed by atoms with E-state index in [-0.39, 0.29) is 6.61 Å². The van der Waals surface area contributed by atoms with Crippen LogP contribution in [0.5, 0.6) is 0 Å². The predicted octanol–water partition coefficient (Wildman–Crippen LogP) is -1.39. The monoisotopic (exact) mass is 187 g/mol. The number of aliphatic carboxylic acids is 1. The van der Waals surface area contributed by atoms with E-state index in [1.807, 2.05) is 0 Å². The summed E-state index contributed by atoms with van der Waals surface area (Å²) in [6.07, 6.45) is 1.13. The molecule has 0 aromatic carbocycles. The Morgan fingerprint density at radius 1 is 1.54 bits per heavy atom. The quantitative estimate of drug-likeness (QED) is 0.423. The number of carbonyl (C=O) groups excluding carboxylic acids is 2. The highest BCUT2D eigenvalue weighted by Crippen LogP contribution is 1.91. The minimum atomic E-state index is -1.45. The number of ether oxygens (including phenoxy) is 1. The lowest BCUT2D eigenvalue weighted by molar-refractivity contribution is -0.297. The number of carboxylic acid groups (broad SMARTS) is 1. The molecule has 1 N–H and O–H groups in total. The molecule has 0 amide bonds. The van der Waals surface area contributed by atoms with Crippen LogP contribution in [-0.2, 0) is 14.3 Å². The maximum Gasteiger partial charge on any atom is 0.330 e. The lowest BCUT2D eigenvalue weighted by Gasteiger charge is -2.03. The van der Waals surface area contributed by atoms with Crippen molar-refractivity contribution in [2.45, 2.75) is 19.4 Å². The molecule has 0 radical (unpaired) electrons. The third kappa shape index (κ3) is 8.55. The average Bonchev–Trinajstić information content (AvgIpc) is 2.00. The topological polar surface area (TPSA) is 86.7 Å². The van der Waals surface area contributed by atoms with Crippen LogP contribution in [0, 0.1) is 0 Å². The molecule has 0 spiro atoms. The number of hydrogen-bond donors (Lipinski definition) is 1. The molecule has 0 aliphatic carbocycles. The van der Waals surface area contributed by atoms with Crippen molar-refractivity contribution >= 4 is 11.9 Å². The molecular formula is C8H11O5-. The maximum atomic E-state index is 10.6. The minimum absolute atomic E-state index is 0.0634. The van der Waals surface area contributed by atoms with Gasteiger partial charge in [-0.2, -0.15) is 0 Å². The first kappa shape index (κ1) is 11.6. The van der Waals surface area contributed by atoms with E-state index in [1.54, 1.807) is 6.92 Å². The van der Waals surface area contributed by atoms with Gasteiger partial charge in [0.2, 0.25) is 0 Å². The third-order valence-corrected chi connectivity index (χ3v) is 1.14. The molecule has 0 aromatic heterocycles. The highest BCUT2D eigenvalue weighted by atomic mass is 16.5. The Morgan fingerprint density at radius 3 is 2.62 bits per heavy atom. The normalized spacial score (nSPS) is 12.8. The van der Waals surface area contributed by atoms with Gasteiger partial charge in [0.05, 0.1) is 18.7 Å². The fourth-order valence-electron chi connectivity index (χ4n) is 0.514. The van der Waals surface area contributed by atoms with E-state index in [1.165, 1.54) is 0 Å². The van der Waals surface area contributed by atoms with Gasteiger partial charge in [-0.15, -0.1) is 0 Å². The summed E-state index contributed by atoms with van der Waals surface area (Å²) in [6.45, 7) is 1.62. The Morgan fingerprint density at radius 2 is 2.15 bits per heavy atom. The molecule has 0 saturated heterocycles. The lowest BCUT2D eigenvalue weighted by atomic mass is 10.3. The lowest BCUT2D eigenvalue weighted by Crippen LogP contribution is -2.19. The second-order valence-electron chi connectivity index (χ2n) is 2.46. The van der Waals surface area contributed by atoms with Crippen LogP contribution in [0.2, 0.25) is 0 Å². The van der Waals surface area contributed by atoms with Gasteiger partial charge < -0.3 is 19.7 Å². The minimum Gasteiger partial charge on any atom is -0.545 e. The molecule has 74 valence electrons. The number of aliphatic hydroxyl groups is 1. The molecule has 5 heteroatoms. The molecule has 0 rings (SSSR count). The Bertz CT molecular complexity index is 207. The van der Waals surface area contributed by atoms with Crippen LogP contribution in [0.15, 0.2) is 12.2 Å². The van der Waals surface area contributed by atoms with Crippen molar-refractivity contribution < 1.29 is 24.5 Å². The first-order chi connectivity index (χ1) is 6.02. The Labute approximate surface area is 75.6 Å². The highest BCUT2D eigenvalue weighted by Gasteiger charge is 1.99. The molecule has 0 aliphatic heterocycles. The largest absolute Gasteiger partial charge is 0.545 e. The van der Waals surface area contributed by atoms with E-state index in [9.17, 15) is 14.7 Å². The van der Waals surface area contributed by atoms with Crippen LogP contribution in [0.4, 0.5) is 0 Å². The molecule has 0 bridgehead atoms. The second kappa shape index (κ2) is 6.19. The van der Waals surface area contributed by atoms with Crippen molar-refractivity contribution in [1.82, 2.24) is 0 Å². The Balaban J connectivity index is 3.58. The molecule has 0 heterocycles. The highest BCUT2D eigenvalue weighted by molar-refractivity contribution is 5.89. The maximum absolute atomic E-state index is 10.6. The fourth-order valence-corrected chi connectivity index (χ4v) is 0.514. The van der Waals surface area contributed by atoms with Crippen molar-refractivity contribution in [3.8, 4) is 0 Å².